The Morgan fingerprint density at radius 1 is 1.22 bits per heavy atom. The molecule has 0 radical (unpaired) electrons. The van der Waals surface area contributed by atoms with Crippen molar-refractivity contribution >= 4 is 23.2 Å². The highest BCUT2D eigenvalue weighted by atomic mass is 35.5. The van der Waals surface area contributed by atoms with E-state index in [1.54, 1.807) is 0 Å². The third-order valence-electron chi connectivity index (χ3n) is 1.99. The summed E-state index contributed by atoms with van der Waals surface area (Å²) in [6, 6.07) is 0.231. The predicted octanol–water partition coefficient (Wildman–Crippen LogP) is 1.67. The van der Waals surface area contributed by atoms with Crippen LogP contribution in [-0.2, 0) is 0 Å². The number of azo groups is 1. The van der Waals surface area contributed by atoms with Gasteiger partial charge >= 0.3 is 0 Å². The van der Waals surface area contributed by atoms with Gasteiger partial charge in [0.05, 0.1) is 23.3 Å². The van der Waals surface area contributed by atoms with Crippen LogP contribution >= 0.6 is 23.2 Å². The topological polar surface area (TPSA) is 24.7 Å². The molecular formula is C5H6Cl2N2. The lowest BCUT2D eigenvalue weighted by Gasteiger charge is -2.38. The molecular weight excluding hydrogens is 159 g/mol. The van der Waals surface area contributed by atoms with Gasteiger partial charge < -0.3 is 0 Å². The number of rotatable bonds is 0. The van der Waals surface area contributed by atoms with Gasteiger partial charge in [-0.2, -0.15) is 10.2 Å². The Balaban J connectivity index is 2.12. The smallest absolute Gasteiger partial charge is 0.0947 e. The molecule has 0 aromatic heterocycles. The highest BCUT2D eigenvalue weighted by Crippen LogP contribution is 2.42. The standard InChI is InChI=1S/C5H6Cl2N2/c6-3-2-1-8-9-5(2)4(3)7/h2-5H,1H2. The molecule has 4 heteroatoms. The zero-order valence-electron chi connectivity index (χ0n) is 4.67. The van der Waals surface area contributed by atoms with Gasteiger partial charge in [-0.1, -0.05) is 0 Å². The third-order valence-corrected chi connectivity index (χ3v) is 3.24. The minimum absolute atomic E-state index is 0.0305. The van der Waals surface area contributed by atoms with Crippen molar-refractivity contribution in [3.63, 3.8) is 0 Å². The van der Waals surface area contributed by atoms with Gasteiger partial charge in [0.15, 0.2) is 0 Å². The molecule has 1 aliphatic heterocycles. The highest BCUT2D eigenvalue weighted by molar-refractivity contribution is 6.32. The molecule has 4 atom stereocenters. The first-order chi connectivity index (χ1) is 4.30. The lowest BCUT2D eigenvalue weighted by molar-refractivity contribution is 0.319. The summed E-state index contributed by atoms with van der Waals surface area (Å²) < 4.78 is 0. The summed E-state index contributed by atoms with van der Waals surface area (Å²) in [4.78, 5) is 0. The predicted molar refractivity (Wildman–Crippen MR) is 36.3 cm³/mol. The second kappa shape index (κ2) is 1.83. The lowest BCUT2D eigenvalue weighted by atomic mass is 9.80. The first-order valence-electron chi connectivity index (χ1n) is 2.95. The van der Waals surface area contributed by atoms with Gasteiger partial charge in [0.1, 0.15) is 0 Å². The van der Waals surface area contributed by atoms with Crippen LogP contribution in [0.4, 0.5) is 0 Å². The molecule has 2 nitrogen and oxygen atoms in total. The summed E-state index contributed by atoms with van der Waals surface area (Å²) in [7, 11) is 0. The van der Waals surface area contributed by atoms with Crippen molar-refractivity contribution in [3.05, 3.63) is 0 Å². The van der Waals surface area contributed by atoms with Crippen LogP contribution in [0.3, 0.4) is 0 Å². The molecule has 1 heterocycles. The maximum absolute atomic E-state index is 5.85. The summed E-state index contributed by atoms with van der Waals surface area (Å²) in [5.74, 6) is 0.439. The quantitative estimate of drug-likeness (QED) is 0.487. The fraction of sp³-hybridized carbons (Fsp3) is 1.00. The van der Waals surface area contributed by atoms with Crippen LogP contribution in [0.15, 0.2) is 10.2 Å². The van der Waals surface area contributed by atoms with E-state index in [-0.39, 0.29) is 16.8 Å². The van der Waals surface area contributed by atoms with E-state index in [0.717, 1.165) is 6.54 Å². The number of fused-ring (bicyclic) bond motifs is 1. The molecule has 1 saturated carbocycles. The molecule has 0 N–H and O–H groups in total. The molecule has 0 spiro atoms. The lowest BCUT2D eigenvalue weighted by Crippen LogP contribution is -2.51. The number of halogens is 2. The number of hydrogen-bond acceptors (Lipinski definition) is 2. The fourth-order valence-electron chi connectivity index (χ4n) is 1.30. The second-order valence-corrected chi connectivity index (χ2v) is 3.49. The van der Waals surface area contributed by atoms with Gasteiger partial charge in [0.2, 0.25) is 0 Å². The molecule has 4 unspecified atom stereocenters. The van der Waals surface area contributed by atoms with E-state index in [1.807, 2.05) is 0 Å². The van der Waals surface area contributed by atoms with Gasteiger partial charge in [-0.05, 0) is 0 Å². The van der Waals surface area contributed by atoms with Crippen LogP contribution in [0.1, 0.15) is 0 Å². The van der Waals surface area contributed by atoms with Crippen LogP contribution in [0.25, 0.3) is 0 Å². The van der Waals surface area contributed by atoms with E-state index < -0.39 is 0 Å². The first-order valence-corrected chi connectivity index (χ1v) is 3.83. The fourth-order valence-corrected chi connectivity index (χ4v) is 2.10. The van der Waals surface area contributed by atoms with Crippen molar-refractivity contribution in [2.75, 3.05) is 6.54 Å². The van der Waals surface area contributed by atoms with Crippen LogP contribution in [0, 0.1) is 5.92 Å². The summed E-state index contributed by atoms with van der Waals surface area (Å²) in [6.45, 7) is 0.780. The summed E-state index contributed by atoms with van der Waals surface area (Å²) in [6.07, 6.45) is 0. The molecule has 0 amide bonds. The molecule has 0 aromatic carbocycles. The van der Waals surface area contributed by atoms with Crippen molar-refractivity contribution in [1.82, 2.24) is 0 Å². The van der Waals surface area contributed by atoms with Crippen LogP contribution in [0.5, 0.6) is 0 Å². The molecule has 1 aliphatic carbocycles. The highest BCUT2D eigenvalue weighted by Gasteiger charge is 2.51. The Kier molecular flexibility index (Phi) is 1.21. The Morgan fingerprint density at radius 3 is 2.67 bits per heavy atom. The van der Waals surface area contributed by atoms with E-state index in [9.17, 15) is 0 Å². The van der Waals surface area contributed by atoms with Crippen LogP contribution in [0.2, 0.25) is 0 Å². The Hall–Kier alpha value is 0.180. The zero-order chi connectivity index (χ0) is 6.43. The third kappa shape index (κ3) is 0.635. The Bertz CT molecular complexity index is 159. The molecule has 9 heavy (non-hydrogen) atoms. The normalized spacial score (nSPS) is 54.9. The molecule has 2 aliphatic rings. The minimum Gasteiger partial charge on any atom is -0.193 e. The summed E-state index contributed by atoms with van der Waals surface area (Å²) in [5.41, 5.74) is 0. The molecule has 1 fully saturated rings. The molecule has 0 bridgehead atoms. The number of hydrogen-bond donors (Lipinski definition) is 0. The maximum atomic E-state index is 5.85. The van der Waals surface area contributed by atoms with Gasteiger partial charge in [-0.15, -0.1) is 23.2 Å². The van der Waals surface area contributed by atoms with Gasteiger partial charge in [0, 0.05) is 5.92 Å². The van der Waals surface area contributed by atoms with Gasteiger partial charge in [-0.3, -0.25) is 0 Å². The monoisotopic (exact) mass is 164 g/mol. The zero-order valence-corrected chi connectivity index (χ0v) is 6.18. The summed E-state index contributed by atoms with van der Waals surface area (Å²) in [5, 5.41) is 7.94. The number of alkyl halides is 2. The second-order valence-electron chi connectivity index (χ2n) is 2.48. The van der Waals surface area contributed by atoms with Crippen molar-refractivity contribution in [1.29, 1.82) is 0 Å². The average Bonchev–Trinajstić information content (AvgIpc) is 2.30. The van der Waals surface area contributed by atoms with Gasteiger partial charge in [0.25, 0.3) is 0 Å². The molecule has 2 rings (SSSR count). The summed E-state index contributed by atoms with van der Waals surface area (Å²) >= 11 is 11.7. The largest absolute Gasteiger partial charge is 0.193 e. The van der Waals surface area contributed by atoms with E-state index in [4.69, 9.17) is 23.2 Å². The van der Waals surface area contributed by atoms with E-state index >= 15 is 0 Å². The SMILES string of the molecule is ClC1C(Cl)C2N=NCC12. The first kappa shape index (κ1) is 5.93. The molecule has 0 saturated heterocycles. The minimum atomic E-state index is 0.0305. The van der Waals surface area contributed by atoms with E-state index in [1.165, 1.54) is 0 Å². The van der Waals surface area contributed by atoms with Crippen molar-refractivity contribution < 1.29 is 0 Å². The van der Waals surface area contributed by atoms with Crippen LogP contribution in [-0.4, -0.2) is 23.3 Å². The Morgan fingerprint density at radius 2 is 2.00 bits per heavy atom. The molecule has 0 aromatic rings. The van der Waals surface area contributed by atoms with E-state index in [0.29, 0.717) is 5.92 Å². The van der Waals surface area contributed by atoms with Crippen molar-refractivity contribution in [2.45, 2.75) is 16.8 Å². The van der Waals surface area contributed by atoms with Gasteiger partial charge in [-0.25, -0.2) is 0 Å². The van der Waals surface area contributed by atoms with Crippen molar-refractivity contribution in [2.24, 2.45) is 16.1 Å². The molecule has 50 valence electrons. The van der Waals surface area contributed by atoms with Crippen LogP contribution < -0.4 is 0 Å². The van der Waals surface area contributed by atoms with E-state index in [2.05, 4.69) is 10.2 Å². The van der Waals surface area contributed by atoms with Crippen molar-refractivity contribution in [3.8, 4) is 0 Å². The number of nitrogens with zero attached hydrogens (tertiary/aromatic N) is 2. The maximum Gasteiger partial charge on any atom is 0.0947 e. The Labute approximate surface area is 63.2 Å². The average molecular weight is 165 g/mol.